The Labute approximate surface area is 154 Å². The number of aryl methyl sites for hydroxylation is 1. The van der Waals surface area contributed by atoms with Crippen molar-refractivity contribution >= 4 is 22.0 Å². The second-order valence-electron chi connectivity index (χ2n) is 5.78. The fourth-order valence-corrected chi connectivity index (χ4v) is 3.00. The van der Waals surface area contributed by atoms with Crippen LogP contribution in [-0.4, -0.2) is 39.1 Å². The fraction of sp³-hybridized carbons (Fsp3) is 0.333. The van der Waals surface area contributed by atoms with Gasteiger partial charge in [0, 0.05) is 25.3 Å². The van der Waals surface area contributed by atoms with Crippen molar-refractivity contribution in [3.63, 3.8) is 0 Å². The van der Waals surface area contributed by atoms with Gasteiger partial charge in [0.2, 0.25) is 0 Å². The predicted molar refractivity (Wildman–Crippen MR) is 99.4 cm³/mol. The van der Waals surface area contributed by atoms with E-state index in [0.29, 0.717) is 19.4 Å². The molecule has 8 heteroatoms. The average Bonchev–Trinajstić information content (AvgIpc) is 2.63. The molecule has 1 aromatic heterocycles. The number of unbranched alkanes of at least 4 members (excludes halogenated alkanes) is 1. The first-order valence-corrected chi connectivity index (χ1v) is 9.80. The number of rotatable bonds is 9. The van der Waals surface area contributed by atoms with Gasteiger partial charge in [-0.25, -0.2) is 13.0 Å². The van der Waals surface area contributed by atoms with Gasteiger partial charge in [0.1, 0.15) is 18.0 Å². The quantitative estimate of drug-likeness (QED) is 0.219. The van der Waals surface area contributed by atoms with Crippen LogP contribution in [0.5, 0.6) is 5.75 Å². The third-order valence-corrected chi connectivity index (χ3v) is 4.54. The molecule has 26 heavy (non-hydrogen) atoms. The largest absolute Gasteiger partial charge is 0.748 e. The number of nitrogens with zero attached hydrogens (tertiary/aromatic N) is 3. The summed E-state index contributed by atoms with van der Waals surface area (Å²) >= 11 is 0. The average molecular weight is 377 g/mol. The first kappa shape index (κ1) is 19.9. The van der Waals surface area contributed by atoms with Crippen molar-refractivity contribution in [1.82, 2.24) is 0 Å². The Morgan fingerprint density at radius 3 is 2.73 bits per heavy atom. The van der Waals surface area contributed by atoms with E-state index in [0.717, 1.165) is 17.0 Å². The van der Waals surface area contributed by atoms with Crippen LogP contribution >= 0.6 is 0 Å². The van der Waals surface area contributed by atoms with Crippen molar-refractivity contribution in [2.24, 2.45) is 5.10 Å². The minimum atomic E-state index is -4.13. The van der Waals surface area contributed by atoms with E-state index in [-0.39, 0.29) is 5.75 Å². The molecule has 1 heterocycles. The van der Waals surface area contributed by atoms with E-state index in [9.17, 15) is 13.0 Å². The van der Waals surface area contributed by atoms with Gasteiger partial charge < -0.3 is 9.29 Å². The Bertz CT molecular complexity index is 853. The van der Waals surface area contributed by atoms with Crippen molar-refractivity contribution in [3.05, 3.63) is 54.4 Å². The summed E-state index contributed by atoms with van der Waals surface area (Å²) in [6, 6.07) is 11.4. The Morgan fingerprint density at radius 2 is 2.00 bits per heavy atom. The SMILES string of the molecule is COc1ccccc1N(C)/N=C/c1ccc[n+](CCCCS(=O)(=O)[O-])c1. The number of hydrazone groups is 1. The van der Waals surface area contributed by atoms with E-state index < -0.39 is 10.1 Å². The van der Waals surface area contributed by atoms with E-state index in [4.69, 9.17) is 4.74 Å². The minimum Gasteiger partial charge on any atom is -0.748 e. The summed E-state index contributed by atoms with van der Waals surface area (Å²) in [5, 5.41) is 6.17. The molecule has 0 N–H and O–H groups in total. The molecule has 2 rings (SSSR count). The molecular weight excluding hydrogens is 354 g/mol. The molecule has 0 unspecified atom stereocenters. The number of hydrogen-bond acceptors (Lipinski definition) is 6. The predicted octanol–water partition coefficient (Wildman–Crippen LogP) is 1.78. The van der Waals surface area contributed by atoms with Crippen LogP contribution in [0.15, 0.2) is 53.9 Å². The van der Waals surface area contributed by atoms with Gasteiger partial charge >= 0.3 is 0 Å². The van der Waals surface area contributed by atoms with Gasteiger partial charge in [-0.15, -0.1) is 0 Å². The number of para-hydroxylation sites is 2. The van der Waals surface area contributed by atoms with Crippen molar-refractivity contribution < 1.29 is 22.3 Å². The number of anilines is 1. The number of benzene rings is 1. The second-order valence-corrected chi connectivity index (χ2v) is 7.31. The lowest BCUT2D eigenvalue weighted by atomic mass is 10.3. The van der Waals surface area contributed by atoms with Gasteiger partial charge in [-0.05, 0) is 24.6 Å². The maximum Gasteiger partial charge on any atom is 0.177 e. The highest BCUT2D eigenvalue weighted by atomic mass is 32.2. The number of pyridine rings is 1. The monoisotopic (exact) mass is 377 g/mol. The van der Waals surface area contributed by atoms with E-state index in [1.807, 2.05) is 60.4 Å². The molecule has 0 aliphatic rings. The number of hydrogen-bond donors (Lipinski definition) is 0. The molecule has 0 aliphatic carbocycles. The molecule has 0 amide bonds. The third-order valence-electron chi connectivity index (χ3n) is 3.76. The molecule has 140 valence electrons. The normalized spacial score (nSPS) is 11.7. The topological polar surface area (TPSA) is 85.9 Å². The van der Waals surface area contributed by atoms with Gasteiger partial charge in [0.25, 0.3) is 0 Å². The zero-order valence-corrected chi connectivity index (χ0v) is 15.7. The maximum absolute atomic E-state index is 10.6. The highest BCUT2D eigenvalue weighted by molar-refractivity contribution is 7.85. The van der Waals surface area contributed by atoms with E-state index in [2.05, 4.69) is 5.10 Å². The van der Waals surface area contributed by atoms with Crippen LogP contribution in [0.2, 0.25) is 0 Å². The van der Waals surface area contributed by atoms with Crippen LogP contribution < -0.4 is 14.3 Å². The van der Waals surface area contributed by atoms with Crippen molar-refractivity contribution in [1.29, 1.82) is 0 Å². The molecule has 0 aliphatic heterocycles. The lowest BCUT2D eigenvalue weighted by molar-refractivity contribution is -0.697. The Balaban J connectivity index is 1.98. The molecule has 0 saturated carbocycles. The van der Waals surface area contributed by atoms with Crippen LogP contribution in [-0.2, 0) is 16.7 Å². The minimum absolute atomic E-state index is 0.321. The van der Waals surface area contributed by atoms with Gasteiger partial charge in [-0.1, -0.05) is 12.1 Å². The molecule has 0 spiro atoms. The van der Waals surface area contributed by atoms with Crippen LogP contribution in [0.3, 0.4) is 0 Å². The molecule has 7 nitrogen and oxygen atoms in total. The van der Waals surface area contributed by atoms with Gasteiger partial charge in [-0.2, -0.15) is 5.10 Å². The smallest absolute Gasteiger partial charge is 0.177 e. The highest BCUT2D eigenvalue weighted by Gasteiger charge is 2.06. The Morgan fingerprint density at radius 1 is 1.23 bits per heavy atom. The van der Waals surface area contributed by atoms with Crippen molar-refractivity contribution in [2.75, 3.05) is 24.9 Å². The first-order valence-electron chi connectivity index (χ1n) is 8.22. The van der Waals surface area contributed by atoms with Gasteiger partial charge in [-0.3, -0.25) is 5.01 Å². The number of aromatic nitrogens is 1. The molecule has 0 radical (unpaired) electrons. The lowest BCUT2D eigenvalue weighted by Gasteiger charge is -2.15. The molecule has 0 bridgehead atoms. The van der Waals surface area contributed by atoms with Crippen LogP contribution in [0.25, 0.3) is 0 Å². The van der Waals surface area contributed by atoms with Crippen LogP contribution in [0.4, 0.5) is 5.69 Å². The maximum atomic E-state index is 10.6. The van der Waals surface area contributed by atoms with Gasteiger partial charge in [0.15, 0.2) is 12.4 Å². The molecule has 0 saturated heterocycles. The molecular formula is C18H23N3O4S. The first-order chi connectivity index (χ1) is 12.4. The van der Waals surface area contributed by atoms with Gasteiger partial charge in [0.05, 0.1) is 29.0 Å². The second kappa shape index (κ2) is 9.30. The molecule has 0 fully saturated rings. The van der Waals surface area contributed by atoms with Crippen molar-refractivity contribution in [3.8, 4) is 5.75 Å². The summed E-state index contributed by atoms with van der Waals surface area (Å²) in [4.78, 5) is 0. The zero-order valence-electron chi connectivity index (χ0n) is 14.9. The number of ether oxygens (including phenoxy) is 1. The van der Waals surface area contributed by atoms with E-state index in [1.165, 1.54) is 0 Å². The van der Waals surface area contributed by atoms with Crippen molar-refractivity contribution in [2.45, 2.75) is 19.4 Å². The number of methoxy groups -OCH3 is 1. The summed E-state index contributed by atoms with van der Waals surface area (Å²) in [7, 11) is -0.672. The summed E-state index contributed by atoms with van der Waals surface area (Å²) in [6.07, 6.45) is 6.53. The lowest BCUT2D eigenvalue weighted by Crippen LogP contribution is -2.33. The third kappa shape index (κ3) is 6.45. The highest BCUT2D eigenvalue weighted by Crippen LogP contribution is 2.26. The standard InChI is InChI=1S/C18H23N3O4S/c1-20(17-9-3-4-10-18(17)25-2)19-14-16-8-7-12-21(15-16)11-5-6-13-26(22,23)24/h3-4,7-10,12,14-15H,5-6,11,13H2,1-2H3/b19-14+. The molecule has 1 aromatic carbocycles. The molecule has 0 atom stereocenters. The summed E-state index contributed by atoms with van der Waals surface area (Å²) in [6.45, 7) is 0.638. The Kier molecular flexibility index (Phi) is 7.11. The fourth-order valence-electron chi connectivity index (χ4n) is 2.44. The summed E-state index contributed by atoms with van der Waals surface area (Å²) in [5.41, 5.74) is 1.76. The Hall–Kier alpha value is -2.45. The summed E-state index contributed by atoms with van der Waals surface area (Å²) in [5.74, 6) is 0.418. The summed E-state index contributed by atoms with van der Waals surface area (Å²) < 4.78 is 39.1. The van der Waals surface area contributed by atoms with Crippen LogP contribution in [0, 0.1) is 0 Å². The van der Waals surface area contributed by atoms with E-state index in [1.54, 1.807) is 18.3 Å². The molecule has 2 aromatic rings. The van der Waals surface area contributed by atoms with Crippen LogP contribution in [0.1, 0.15) is 18.4 Å². The van der Waals surface area contributed by atoms with E-state index >= 15 is 0 Å². The zero-order chi connectivity index (χ0) is 19.0.